The number of carbonyl (C=O) groups is 2. The third-order valence-corrected chi connectivity index (χ3v) is 4.37. The third kappa shape index (κ3) is 3.67. The number of aliphatic carboxylic acids is 1. The summed E-state index contributed by atoms with van der Waals surface area (Å²) in [4.78, 5) is 27.8. The zero-order valence-corrected chi connectivity index (χ0v) is 12.4. The van der Waals surface area contributed by atoms with Gasteiger partial charge < -0.3 is 15.3 Å². The number of hydrogen-bond acceptors (Lipinski definition) is 4. The second-order valence-corrected chi connectivity index (χ2v) is 5.98. The van der Waals surface area contributed by atoms with Crippen molar-refractivity contribution in [1.82, 2.24) is 15.2 Å². The van der Waals surface area contributed by atoms with Crippen LogP contribution in [0.5, 0.6) is 0 Å². The van der Waals surface area contributed by atoms with Gasteiger partial charge in [-0.05, 0) is 6.92 Å². The molecule has 10 heteroatoms. The molecule has 122 valence electrons. The van der Waals surface area contributed by atoms with E-state index in [4.69, 9.17) is 5.11 Å². The number of aromatic nitrogens is 1. The Kier molecular flexibility index (Phi) is 4.59. The minimum Gasteiger partial charge on any atom is -0.481 e. The van der Waals surface area contributed by atoms with E-state index in [9.17, 15) is 22.8 Å². The Morgan fingerprint density at radius 3 is 2.64 bits per heavy atom. The number of rotatable bonds is 3. The number of amides is 2. The molecule has 0 bridgehead atoms. The third-order valence-electron chi connectivity index (χ3n) is 3.40. The minimum atomic E-state index is -4.65. The van der Waals surface area contributed by atoms with E-state index in [1.54, 1.807) is 12.3 Å². The zero-order chi connectivity index (χ0) is 16.5. The summed E-state index contributed by atoms with van der Waals surface area (Å²) in [5.74, 6) is -5.22. The largest absolute Gasteiger partial charge is 0.481 e. The molecular weight excluding hydrogens is 323 g/mol. The Bertz CT molecular complexity index is 575. The number of carboxylic acids is 1. The summed E-state index contributed by atoms with van der Waals surface area (Å²) in [6, 6.07) is -0.717. The van der Waals surface area contributed by atoms with Gasteiger partial charge in [-0.25, -0.2) is 9.78 Å². The van der Waals surface area contributed by atoms with Gasteiger partial charge in [-0.15, -0.1) is 11.3 Å². The minimum absolute atomic E-state index is 0.0995. The highest BCUT2D eigenvalue weighted by Gasteiger charge is 2.53. The normalized spacial score (nSPS) is 21.9. The molecule has 0 aliphatic carbocycles. The molecular formula is C12H14F3N3O3S. The van der Waals surface area contributed by atoms with E-state index < -0.39 is 43.1 Å². The molecule has 2 N–H and O–H groups in total. The molecule has 1 aromatic heterocycles. The predicted molar refractivity (Wildman–Crippen MR) is 71.3 cm³/mol. The fraction of sp³-hybridized carbons (Fsp3) is 0.583. The maximum absolute atomic E-state index is 12.8. The van der Waals surface area contributed by atoms with Gasteiger partial charge in [0.25, 0.3) is 0 Å². The lowest BCUT2D eigenvalue weighted by molar-refractivity contribution is -0.187. The molecule has 22 heavy (non-hydrogen) atoms. The number of carboxylic acid groups (broad SMARTS) is 1. The first kappa shape index (κ1) is 16.5. The predicted octanol–water partition coefficient (Wildman–Crippen LogP) is 1.86. The van der Waals surface area contributed by atoms with Crippen LogP contribution in [0.4, 0.5) is 18.0 Å². The average Bonchev–Trinajstić information content (AvgIpc) is 3.01. The number of hydrogen-bond donors (Lipinski definition) is 2. The molecule has 0 saturated carbocycles. The first-order valence-corrected chi connectivity index (χ1v) is 7.29. The second-order valence-electron chi connectivity index (χ2n) is 5.04. The van der Waals surface area contributed by atoms with Gasteiger partial charge in [0, 0.05) is 24.2 Å². The molecule has 1 aromatic rings. The Balaban J connectivity index is 1.97. The molecule has 2 rings (SSSR count). The van der Waals surface area contributed by atoms with E-state index in [1.165, 1.54) is 11.3 Å². The molecule has 0 spiro atoms. The van der Waals surface area contributed by atoms with E-state index in [-0.39, 0.29) is 6.54 Å². The summed E-state index contributed by atoms with van der Waals surface area (Å²) in [7, 11) is 0. The first-order valence-electron chi connectivity index (χ1n) is 6.41. The van der Waals surface area contributed by atoms with Crippen LogP contribution < -0.4 is 5.32 Å². The Morgan fingerprint density at radius 2 is 2.18 bits per heavy atom. The molecule has 2 amide bonds. The topological polar surface area (TPSA) is 82.5 Å². The molecule has 1 aliphatic rings. The van der Waals surface area contributed by atoms with Gasteiger partial charge in [0.05, 0.1) is 18.4 Å². The van der Waals surface area contributed by atoms with Gasteiger partial charge in [-0.1, -0.05) is 0 Å². The first-order chi connectivity index (χ1) is 10.2. The lowest BCUT2D eigenvalue weighted by atomic mass is 9.96. The number of nitrogens with zero attached hydrogens (tertiary/aromatic N) is 2. The summed E-state index contributed by atoms with van der Waals surface area (Å²) in [6.45, 7) is 0.779. The highest BCUT2D eigenvalue weighted by molar-refractivity contribution is 7.09. The van der Waals surface area contributed by atoms with Gasteiger partial charge in [-0.3, -0.25) is 4.79 Å². The molecule has 6 nitrogen and oxygen atoms in total. The number of thiazole rings is 1. The lowest BCUT2D eigenvalue weighted by Gasteiger charge is -2.18. The molecule has 1 fully saturated rings. The smallest absolute Gasteiger partial charge is 0.394 e. The van der Waals surface area contributed by atoms with Crippen LogP contribution in [0, 0.1) is 18.8 Å². The van der Waals surface area contributed by atoms with Crippen LogP contribution in [-0.2, 0) is 11.3 Å². The van der Waals surface area contributed by atoms with Crippen molar-refractivity contribution in [3.05, 3.63) is 16.1 Å². The van der Waals surface area contributed by atoms with Gasteiger partial charge in [-0.2, -0.15) is 13.2 Å². The van der Waals surface area contributed by atoms with Gasteiger partial charge in [0.1, 0.15) is 5.01 Å². The van der Waals surface area contributed by atoms with Crippen molar-refractivity contribution in [3.63, 3.8) is 0 Å². The van der Waals surface area contributed by atoms with Gasteiger partial charge in [0.2, 0.25) is 0 Å². The van der Waals surface area contributed by atoms with Crippen LogP contribution in [0.15, 0.2) is 5.38 Å². The summed E-state index contributed by atoms with van der Waals surface area (Å²) in [5, 5.41) is 13.8. The van der Waals surface area contributed by atoms with Crippen molar-refractivity contribution in [2.24, 2.45) is 11.8 Å². The summed E-state index contributed by atoms with van der Waals surface area (Å²) < 4.78 is 38.5. The average molecular weight is 337 g/mol. The van der Waals surface area contributed by atoms with Crippen molar-refractivity contribution >= 4 is 23.3 Å². The monoisotopic (exact) mass is 337 g/mol. The second kappa shape index (κ2) is 6.11. The highest BCUT2D eigenvalue weighted by atomic mass is 32.1. The van der Waals surface area contributed by atoms with Crippen molar-refractivity contribution < 1.29 is 27.9 Å². The van der Waals surface area contributed by atoms with E-state index in [0.717, 1.165) is 10.6 Å². The van der Waals surface area contributed by atoms with Crippen LogP contribution in [-0.4, -0.2) is 46.3 Å². The molecule has 1 aliphatic heterocycles. The molecule has 2 heterocycles. The van der Waals surface area contributed by atoms with Crippen molar-refractivity contribution in [1.29, 1.82) is 0 Å². The van der Waals surface area contributed by atoms with Crippen LogP contribution in [0.3, 0.4) is 0 Å². The fourth-order valence-corrected chi connectivity index (χ4v) is 3.01. The number of urea groups is 1. The van der Waals surface area contributed by atoms with E-state index in [1.807, 2.05) is 0 Å². The maximum Gasteiger partial charge on any atom is 0.394 e. The summed E-state index contributed by atoms with van der Waals surface area (Å²) >= 11 is 1.33. The Morgan fingerprint density at radius 1 is 1.50 bits per heavy atom. The fourth-order valence-electron chi connectivity index (χ4n) is 2.30. The molecule has 0 aromatic carbocycles. The molecule has 0 unspecified atom stereocenters. The quantitative estimate of drug-likeness (QED) is 0.882. The van der Waals surface area contributed by atoms with Crippen molar-refractivity contribution in [3.8, 4) is 0 Å². The molecule has 2 atom stereocenters. The number of carbonyl (C=O) groups excluding carboxylic acids is 1. The van der Waals surface area contributed by atoms with Crippen molar-refractivity contribution in [2.45, 2.75) is 19.6 Å². The Labute approximate surface area is 127 Å². The van der Waals surface area contributed by atoms with E-state index in [2.05, 4.69) is 10.3 Å². The standard InChI is InChI=1S/C12H14F3N3O3S/c1-6-5-22-9(17-6)2-16-11(21)18-3-7(10(19)20)8(4-18)12(13,14)15/h5,7-8H,2-4H2,1H3,(H,16,21)(H,19,20)/t7-,8-/m1/s1. The van der Waals surface area contributed by atoms with Crippen LogP contribution in [0.1, 0.15) is 10.7 Å². The number of likely N-dealkylation sites (tertiary alicyclic amines) is 1. The van der Waals surface area contributed by atoms with Gasteiger partial charge in [0.15, 0.2) is 0 Å². The summed E-state index contributed by atoms with van der Waals surface area (Å²) in [5.41, 5.74) is 0.790. The number of aryl methyl sites for hydroxylation is 1. The van der Waals surface area contributed by atoms with E-state index in [0.29, 0.717) is 5.01 Å². The Hall–Kier alpha value is -1.84. The SMILES string of the molecule is Cc1csc(CNC(=O)N2C[C@@H](C(F)(F)F)[C@H](C(=O)O)C2)n1. The highest BCUT2D eigenvalue weighted by Crippen LogP contribution is 2.37. The number of alkyl halides is 3. The maximum atomic E-state index is 12.8. The van der Waals surface area contributed by atoms with Crippen molar-refractivity contribution in [2.75, 3.05) is 13.1 Å². The zero-order valence-electron chi connectivity index (χ0n) is 11.6. The van der Waals surface area contributed by atoms with Crippen LogP contribution >= 0.6 is 11.3 Å². The van der Waals surface area contributed by atoms with Gasteiger partial charge >= 0.3 is 18.2 Å². The molecule has 0 radical (unpaired) electrons. The number of halogens is 3. The lowest BCUT2D eigenvalue weighted by Crippen LogP contribution is -2.39. The summed E-state index contributed by atoms with van der Waals surface area (Å²) in [6.07, 6.45) is -4.65. The van der Waals surface area contributed by atoms with Crippen LogP contribution in [0.2, 0.25) is 0 Å². The van der Waals surface area contributed by atoms with Crippen LogP contribution in [0.25, 0.3) is 0 Å². The van der Waals surface area contributed by atoms with E-state index >= 15 is 0 Å². The molecule has 1 saturated heterocycles. The number of nitrogens with one attached hydrogen (secondary N) is 1.